The molecule has 0 aliphatic heterocycles. The third kappa shape index (κ3) is 3.91. The van der Waals surface area contributed by atoms with Gasteiger partial charge in [0.1, 0.15) is 5.82 Å². The van der Waals surface area contributed by atoms with E-state index in [1.54, 1.807) is 30.5 Å². The summed E-state index contributed by atoms with van der Waals surface area (Å²) in [5, 5.41) is 6.70. The number of aryl methyl sites for hydroxylation is 1. The lowest BCUT2D eigenvalue weighted by molar-refractivity contribution is 0.102. The molecule has 0 saturated carbocycles. The Kier molecular flexibility index (Phi) is 4.77. The Morgan fingerprint density at radius 3 is 2.33 bits per heavy atom. The first-order valence-corrected chi connectivity index (χ1v) is 7.85. The van der Waals surface area contributed by atoms with E-state index in [9.17, 15) is 4.79 Å². The van der Waals surface area contributed by atoms with E-state index in [2.05, 4.69) is 15.6 Å². The number of pyridine rings is 1. The molecular formula is C19H16ClN3O. The van der Waals surface area contributed by atoms with Crippen LogP contribution in [0, 0.1) is 6.92 Å². The third-order valence-electron chi connectivity index (χ3n) is 3.53. The molecule has 1 heterocycles. The number of carbonyl (C=O) groups excluding carboxylic acids is 1. The monoisotopic (exact) mass is 337 g/mol. The van der Waals surface area contributed by atoms with Crippen molar-refractivity contribution in [3.63, 3.8) is 0 Å². The molecule has 3 aromatic rings. The van der Waals surface area contributed by atoms with Gasteiger partial charge in [0.25, 0.3) is 5.91 Å². The van der Waals surface area contributed by atoms with Gasteiger partial charge in [-0.15, -0.1) is 0 Å². The van der Waals surface area contributed by atoms with Crippen molar-refractivity contribution in [1.82, 2.24) is 4.98 Å². The largest absolute Gasteiger partial charge is 0.340 e. The van der Waals surface area contributed by atoms with Gasteiger partial charge in [-0.05, 0) is 55.0 Å². The van der Waals surface area contributed by atoms with Crippen LogP contribution >= 0.6 is 11.6 Å². The number of halogens is 1. The van der Waals surface area contributed by atoms with E-state index in [1.165, 1.54) is 0 Å². The molecule has 0 fully saturated rings. The molecule has 1 amide bonds. The predicted molar refractivity (Wildman–Crippen MR) is 98.1 cm³/mol. The van der Waals surface area contributed by atoms with Crippen LogP contribution in [0.1, 0.15) is 15.9 Å². The lowest BCUT2D eigenvalue weighted by atomic mass is 10.1. The summed E-state index contributed by atoms with van der Waals surface area (Å²) in [4.78, 5) is 16.6. The van der Waals surface area contributed by atoms with Gasteiger partial charge in [0.05, 0.1) is 11.9 Å². The van der Waals surface area contributed by atoms with Crippen LogP contribution in [-0.4, -0.2) is 10.9 Å². The highest BCUT2D eigenvalue weighted by atomic mass is 35.5. The molecule has 3 rings (SSSR count). The first-order valence-electron chi connectivity index (χ1n) is 7.47. The standard InChI is InChI=1S/C19H16ClN3O/c1-13-4-2-3-5-17(13)19(24)23-16-10-11-18(21-12-16)22-15-8-6-14(20)7-9-15/h2-12H,1H3,(H,21,22)(H,23,24). The molecule has 0 unspecified atom stereocenters. The van der Waals surface area contributed by atoms with Crippen molar-refractivity contribution < 1.29 is 4.79 Å². The van der Waals surface area contributed by atoms with E-state index < -0.39 is 0 Å². The normalized spacial score (nSPS) is 10.2. The van der Waals surface area contributed by atoms with Crippen LogP contribution in [0.4, 0.5) is 17.2 Å². The van der Waals surface area contributed by atoms with Crippen LogP contribution in [0.15, 0.2) is 66.9 Å². The Hall–Kier alpha value is -2.85. The molecule has 0 saturated heterocycles. The van der Waals surface area contributed by atoms with Crippen molar-refractivity contribution in [2.45, 2.75) is 6.92 Å². The lowest BCUT2D eigenvalue weighted by Gasteiger charge is -2.09. The topological polar surface area (TPSA) is 54.0 Å². The number of hydrogen-bond donors (Lipinski definition) is 2. The summed E-state index contributed by atoms with van der Waals surface area (Å²) in [6, 6.07) is 18.4. The van der Waals surface area contributed by atoms with E-state index in [-0.39, 0.29) is 5.91 Å². The molecule has 5 heteroatoms. The molecular weight excluding hydrogens is 322 g/mol. The fourth-order valence-electron chi connectivity index (χ4n) is 2.25. The van der Waals surface area contributed by atoms with Gasteiger partial charge in [-0.3, -0.25) is 4.79 Å². The Bertz CT molecular complexity index is 845. The van der Waals surface area contributed by atoms with Crippen molar-refractivity contribution in [3.8, 4) is 0 Å². The van der Waals surface area contributed by atoms with Gasteiger partial charge in [-0.1, -0.05) is 29.8 Å². The van der Waals surface area contributed by atoms with Gasteiger partial charge in [0.15, 0.2) is 0 Å². The highest BCUT2D eigenvalue weighted by molar-refractivity contribution is 6.30. The van der Waals surface area contributed by atoms with Gasteiger partial charge >= 0.3 is 0 Å². The van der Waals surface area contributed by atoms with Crippen molar-refractivity contribution in [2.24, 2.45) is 0 Å². The zero-order valence-corrected chi connectivity index (χ0v) is 13.8. The molecule has 0 spiro atoms. The number of nitrogens with zero attached hydrogens (tertiary/aromatic N) is 1. The molecule has 0 atom stereocenters. The van der Waals surface area contributed by atoms with E-state index in [1.807, 2.05) is 43.3 Å². The maximum Gasteiger partial charge on any atom is 0.255 e. The summed E-state index contributed by atoms with van der Waals surface area (Å²) in [7, 11) is 0. The molecule has 2 N–H and O–H groups in total. The second kappa shape index (κ2) is 7.15. The van der Waals surface area contributed by atoms with Gasteiger partial charge in [0, 0.05) is 16.3 Å². The average molecular weight is 338 g/mol. The summed E-state index contributed by atoms with van der Waals surface area (Å²) in [6.45, 7) is 1.91. The highest BCUT2D eigenvalue weighted by Gasteiger charge is 2.08. The average Bonchev–Trinajstić information content (AvgIpc) is 2.59. The molecule has 2 aromatic carbocycles. The Morgan fingerprint density at radius 2 is 1.67 bits per heavy atom. The van der Waals surface area contributed by atoms with Crippen LogP contribution in [-0.2, 0) is 0 Å². The molecule has 1 aromatic heterocycles. The number of rotatable bonds is 4. The molecule has 0 radical (unpaired) electrons. The van der Waals surface area contributed by atoms with Crippen LogP contribution in [0.25, 0.3) is 0 Å². The summed E-state index contributed by atoms with van der Waals surface area (Å²) < 4.78 is 0. The molecule has 0 aliphatic carbocycles. The van der Waals surface area contributed by atoms with E-state index in [4.69, 9.17) is 11.6 Å². The van der Waals surface area contributed by atoms with E-state index in [0.717, 1.165) is 11.3 Å². The quantitative estimate of drug-likeness (QED) is 0.701. The number of anilines is 3. The van der Waals surface area contributed by atoms with Crippen LogP contribution < -0.4 is 10.6 Å². The zero-order valence-electron chi connectivity index (χ0n) is 13.1. The molecule has 0 aliphatic rings. The van der Waals surface area contributed by atoms with Gasteiger partial charge in [0.2, 0.25) is 0 Å². The zero-order chi connectivity index (χ0) is 16.9. The number of nitrogens with one attached hydrogen (secondary N) is 2. The number of amides is 1. The van der Waals surface area contributed by atoms with Crippen molar-refractivity contribution in [3.05, 3.63) is 83.0 Å². The van der Waals surface area contributed by atoms with Crippen molar-refractivity contribution in [1.29, 1.82) is 0 Å². The fourth-order valence-corrected chi connectivity index (χ4v) is 2.37. The SMILES string of the molecule is Cc1ccccc1C(=O)Nc1ccc(Nc2ccc(Cl)cc2)nc1. The van der Waals surface area contributed by atoms with Gasteiger partial charge in [-0.2, -0.15) is 0 Å². The summed E-state index contributed by atoms with van der Waals surface area (Å²) in [5.41, 5.74) is 3.12. The van der Waals surface area contributed by atoms with Crippen LogP contribution in [0.5, 0.6) is 0 Å². The Morgan fingerprint density at radius 1 is 0.958 bits per heavy atom. The maximum absolute atomic E-state index is 12.3. The first kappa shape index (κ1) is 16.0. The van der Waals surface area contributed by atoms with Crippen molar-refractivity contribution >= 4 is 34.7 Å². The second-order valence-electron chi connectivity index (χ2n) is 5.33. The molecule has 0 bridgehead atoms. The maximum atomic E-state index is 12.3. The Balaban J connectivity index is 1.67. The van der Waals surface area contributed by atoms with Crippen LogP contribution in [0.3, 0.4) is 0 Å². The molecule has 4 nitrogen and oxygen atoms in total. The summed E-state index contributed by atoms with van der Waals surface area (Å²) in [5.74, 6) is 0.541. The summed E-state index contributed by atoms with van der Waals surface area (Å²) in [6.07, 6.45) is 1.62. The van der Waals surface area contributed by atoms with Crippen molar-refractivity contribution in [2.75, 3.05) is 10.6 Å². The minimum atomic E-state index is -0.145. The minimum Gasteiger partial charge on any atom is -0.340 e. The third-order valence-corrected chi connectivity index (χ3v) is 3.78. The minimum absolute atomic E-state index is 0.145. The number of benzene rings is 2. The fraction of sp³-hybridized carbons (Fsp3) is 0.0526. The second-order valence-corrected chi connectivity index (χ2v) is 5.77. The van der Waals surface area contributed by atoms with E-state index in [0.29, 0.717) is 22.1 Å². The van der Waals surface area contributed by atoms with E-state index >= 15 is 0 Å². The molecule has 24 heavy (non-hydrogen) atoms. The number of hydrogen-bond acceptors (Lipinski definition) is 3. The first-order chi connectivity index (χ1) is 11.6. The summed E-state index contributed by atoms with van der Waals surface area (Å²) >= 11 is 5.86. The highest BCUT2D eigenvalue weighted by Crippen LogP contribution is 2.19. The smallest absolute Gasteiger partial charge is 0.255 e. The number of aromatic nitrogens is 1. The van der Waals surface area contributed by atoms with Gasteiger partial charge in [-0.25, -0.2) is 4.98 Å². The Labute approximate surface area is 145 Å². The lowest BCUT2D eigenvalue weighted by Crippen LogP contribution is -2.13. The van der Waals surface area contributed by atoms with Gasteiger partial charge < -0.3 is 10.6 Å². The molecule has 120 valence electrons. The number of carbonyl (C=O) groups is 1. The van der Waals surface area contributed by atoms with Crippen LogP contribution in [0.2, 0.25) is 5.02 Å². The predicted octanol–water partition coefficient (Wildman–Crippen LogP) is 5.04.